The van der Waals surface area contributed by atoms with Gasteiger partial charge in [0.25, 0.3) is 0 Å². The number of aliphatic carboxylic acids is 1. The van der Waals surface area contributed by atoms with Gasteiger partial charge in [-0.2, -0.15) is 0 Å². The predicted octanol–water partition coefficient (Wildman–Crippen LogP) is 3.84. The Hall–Kier alpha value is -1.55. The molecule has 0 spiro atoms. The van der Waals surface area contributed by atoms with Crippen LogP contribution in [0.15, 0.2) is 24.3 Å². The van der Waals surface area contributed by atoms with Gasteiger partial charge >= 0.3 is 5.97 Å². The summed E-state index contributed by atoms with van der Waals surface area (Å²) in [6.45, 7) is 5.15. The zero-order chi connectivity index (χ0) is 16.7. The molecule has 1 aliphatic rings. The highest BCUT2D eigenvalue weighted by Gasteiger charge is 2.20. The first-order valence-electron chi connectivity index (χ1n) is 8.74. The van der Waals surface area contributed by atoms with E-state index in [0.29, 0.717) is 12.5 Å². The van der Waals surface area contributed by atoms with E-state index in [1.54, 1.807) is 0 Å². The minimum absolute atomic E-state index is 0.0539. The third-order valence-electron chi connectivity index (χ3n) is 4.57. The number of ether oxygens (including phenoxy) is 1. The van der Waals surface area contributed by atoms with Crippen molar-refractivity contribution in [3.8, 4) is 5.75 Å². The second-order valence-electron chi connectivity index (χ2n) is 6.90. The van der Waals surface area contributed by atoms with Gasteiger partial charge in [0, 0.05) is 6.54 Å². The zero-order valence-electron chi connectivity index (χ0n) is 14.3. The van der Waals surface area contributed by atoms with Crippen LogP contribution in [0.3, 0.4) is 0 Å². The van der Waals surface area contributed by atoms with Crippen molar-refractivity contribution in [1.29, 1.82) is 0 Å². The van der Waals surface area contributed by atoms with Gasteiger partial charge in [-0.25, -0.2) is 0 Å². The molecule has 4 nitrogen and oxygen atoms in total. The van der Waals surface area contributed by atoms with E-state index in [2.05, 4.69) is 5.32 Å². The molecule has 0 heterocycles. The first-order valence-corrected chi connectivity index (χ1v) is 8.74. The Balaban J connectivity index is 1.85. The smallest absolute Gasteiger partial charge is 0.320 e. The summed E-state index contributed by atoms with van der Waals surface area (Å²) in [6, 6.07) is 7.43. The zero-order valence-corrected chi connectivity index (χ0v) is 14.3. The van der Waals surface area contributed by atoms with Crippen molar-refractivity contribution in [2.24, 2.45) is 11.8 Å². The number of hydrogen-bond donors (Lipinski definition) is 2. The van der Waals surface area contributed by atoms with Gasteiger partial charge < -0.3 is 15.2 Å². The highest BCUT2D eigenvalue weighted by atomic mass is 16.5. The van der Waals surface area contributed by atoms with Crippen LogP contribution < -0.4 is 10.1 Å². The molecule has 128 valence electrons. The van der Waals surface area contributed by atoms with Crippen LogP contribution in [-0.2, 0) is 11.3 Å². The van der Waals surface area contributed by atoms with Gasteiger partial charge in [0.1, 0.15) is 11.8 Å². The van der Waals surface area contributed by atoms with Gasteiger partial charge in [0.05, 0.1) is 6.61 Å². The van der Waals surface area contributed by atoms with E-state index in [9.17, 15) is 9.90 Å². The lowest BCUT2D eigenvalue weighted by Gasteiger charge is -2.22. The van der Waals surface area contributed by atoms with Gasteiger partial charge in [0.2, 0.25) is 0 Å². The Morgan fingerprint density at radius 1 is 1.30 bits per heavy atom. The highest BCUT2D eigenvalue weighted by Crippen LogP contribution is 2.24. The normalized spacial score (nSPS) is 17.2. The summed E-state index contributed by atoms with van der Waals surface area (Å²) in [6.07, 6.45) is 6.55. The molecule has 0 radical (unpaired) electrons. The minimum Gasteiger partial charge on any atom is -0.493 e. The number of hydrogen-bond acceptors (Lipinski definition) is 3. The summed E-state index contributed by atoms with van der Waals surface area (Å²) in [5.41, 5.74) is 1.05. The first-order chi connectivity index (χ1) is 11.1. The molecule has 0 amide bonds. The van der Waals surface area contributed by atoms with Crippen molar-refractivity contribution >= 4 is 5.97 Å². The van der Waals surface area contributed by atoms with Crippen LogP contribution in [0, 0.1) is 11.8 Å². The van der Waals surface area contributed by atoms with Crippen molar-refractivity contribution in [3.05, 3.63) is 29.8 Å². The van der Waals surface area contributed by atoms with E-state index in [1.165, 1.54) is 32.1 Å². The number of benzene rings is 1. The van der Waals surface area contributed by atoms with Crippen LogP contribution in [0.1, 0.15) is 51.5 Å². The fraction of sp³-hybridized carbons (Fsp3) is 0.632. The van der Waals surface area contributed by atoms with Crippen molar-refractivity contribution in [2.45, 2.75) is 58.5 Å². The number of nitrogens with one attached hydrogen (secondary N) is 1. The maximum Gasteiger partial charge on any atom is 0.320 e. The topological polar surface area (TPSA) is 58.6 Å². The van der Waals surface area contributed by atoms with Crippen LogP contribution >= 0.6 is 0 Å². The summed E-state index contributed by atoms with van der Waals surface area (Å²) >= 11 is 0. The van der Waals surface area contributed by atoms with E-state index in [-0.39, 0.29) is 5.92 Å². The molecule has 0 aromatic heterocycles. The Labute approximate surface area is 139 Å². The monoisotopic (exact) mass is 319 g/mol. The van der Waals surface area contributed by atoms with Crippen molar-refractivity contribution in [1.82, 2.24) is 5.32 Å². The largest absolute Gasteiger partial charge is 0.493 e. The minimum atomic E-state index is -0.801. The molecular weight excluding hydrogens is 290 g/mol. The van der Waals surface area contributed by atoms with Gasteiger partial charge in [-0.1, -0.05) is 45.2 Å². The van der Waals surface area contributed by atoms with Crippen molar-refractivity contribution in [3.63, 3.8) is 0 Å². The lowest BCUT2D eigenvalue weighted by atomic mass is 9.90. The molecule has 1 fully saturated rings. The van der Waals surface area contributed by atoms with Crippen LogP contribution in [0.25, 0.3) is 0 Å². The Kier molecular flexibility index (Phi) is 6.90. The van der Waals surface area contributed by atoms with Crippen molar-refractivity contribution in [2.75, 3.05) is 6.61 Å². The summed E-state index contributed by atoms with van der Waals surface area (Å²) in [4.78, 5) is 11.2. The molecule has 2 rings (SSSR count). The fourth-order valence-electron chi connectivity index (χ4n) is 3.15. The molecule has 1 atom stereocenters. The summed E-state index contributed by atoms with van der Waals surface area (Å²) in [5, 5.41) is 12.3. The number of carboxylic acids is 1. The molecule has 1 saturated carbocycles. The van der Waals surface area contributed by atoms with E-state index in [0.717, 1.165) is 17.9 Å². The highest BCUT2D eigenvalue weighted by molar-refractivity contribution is 5.73. The Bertz CT molecular complexity index is 495. The molecule has 2 N–H and O–H groups in total. The van der Waals surface area contributed by atoms with E-state index in [1.807, 2.05) is 38.1 Å². The molecule has 1 aromatic carbocycles. The molecule has 1 aliphatic carbocycles. The average molecular weight is 319 g/mol. The molecule has 4 heteroatoms. The number of rotatable bonds is 8. The third-order valence-corrected chi connectivity index (χ3v) is 4.57. The molecule has 0 aliphatic heterocycles. The van der Waals surface area contributed by atoms with Gasteiger partial charge in [-0.15, -0.1) is 0 Å². The van der Waals surface area contributed by atoms with E-state index < -0.39 is 12.0 Å². The SMILES string of the molecule is CC(C)[C@H](NCc1cccc(OCC2CCCCC2)c1)C(=O)O. The molecule has 23 heavy (non-hydrogen) atoms. The van der Waals surface area contributed by atoms with Crippen LogP contribution in [-0.4, -0.2) is 23.7 Å². The second kappa shape index (κ2) is 8.92. The lowest BCUT2D eigenvalue weighted by molar-refractivity contribution is -0.140. The maximum absolute atomic E-state index is 11.2. The standard InChI is InChI=1S/C19H29NO3/c1-14(2)18(19(21)22)20-12-16-9-6-10-17(11-16)23-13-15-7-4-3-5-8-15/h6,9-11,14-15,18,20H,3-5,7-8,12-13H2,1-2H3,(H,21,22)/t18-/m0/s1. The number of carboxylic acid groups (broad SMARTS) is 1. The van der Waals surface area contributed by atoms with Crippen LogP contribution in [0.5, 0.6) is 5.75 Å². The average Bonchev–Trinajstić information content (AvgIpc) is 2.54. The van der Waals surface area contributed by atoms with Crippen LogP contribution in [0.2, 0.25) is 0 Å². The fourth-order valence-corrected chi connectivity index (χ4v) is 3.15. The maximum atomic E-state index is 11.2. The molecule has 1 aromatic rings. The van der Waals surface area contributed by atoms with Crippen molar-refractivity contribution < 1.29 is 14.6 Å². The van der Waals surface area contributed by atoms with E-state index >= 15 is 0 Å². The molecule has 0 saturated heterocycles. The summed E-state index contributed by atoms with van der Waals surface area (Å²) < 4.78 is 5.94. The Morgan fingerprint density at radius 3 is 2.70 bits per heavy atom. The molecule has 0 unspecified atom stereocenters. The molecular formula is C19H29NO3. The summed E-state index contributed by atoms with van der Waals surface area (Å²) in [7, 11) is 0. The van der Waals surface area contributed by atoms with E-state index in [4.69, 9.17) is 4.74 Å². The third kappa shape index (κ3) is 5.87. The predicted molar refractivity (Wildman–Crippen MR) is 91.6 cm³/mol. The van der Waals surface area contributed by atoms with Gasteiger partial charge in [-0.3, -0.25) is 4.79 Å². The Morgan fingerprint density at radius 2 is 2.04 bits per heavy atom. The quantitative estimate of drug-likeness (QED) is 0.764. The molecule has 0 bridgehead atoms. The summed E-state index contributed by atoms with van der Waals surface area (Å²) in [5.74, 6) is 0.817. The first kappa shape index (κ1) is 17.8. The van der Waals surface area contributed by atoms with Gasteiger partial charge in [0.15, 0.2) is 0 Å². The second-order valence-corrected chi connectivity index (χ2v) is 6.90. The van der Waals surface area contributed by atoms with Gasteiger partial charge in [-0.05, 0) is 42.4 Å². The number of carbonyl (C=O) groups is 1. The lowest BCUT2D eigenvalue weighted by Crippen LogP contribution is -2.40. The van der Waals surface area contributed by atoms with Crippen LogP contribution in [0.4, 0.5) is 0 Å².